The molecule has 1 fully saturated rings. The number of hydrogen-bond donors (Lipinski definition) is 1. The molecule has 0 radical (unpaired) electrons. The van der Waals surface area contributed by atoms with E-state index >= 15 is 0 Å². The van der Waals surface area contributed by atoms with E-state index in [2.05, 4.69) is 47.7 Å². The molecule has 0 saturated carbocycles. The van der Waals surface area contributed by atoms with Crippen molar-refractivity contribution in [3.8, 4) is 0 Å². The van der Waals surface area contributed by atoms with Crippen molar-refractivity contribution in [3.05, 3.63) is 49.9 Å². The van der Waals surface area contributed by atoms with Gasteiger partial charge < -0.3 is 5.11 Å². The summed E-state index contributed by atoms with van der Waals surface area (Å²) < 4.78 is 0. The lowest BCUT2D eigenvalue weighted by Gasteiger charge is -2.20. The molecule has 0 aromatic carbocycles. The Hall–Kier alpha value is -1.43. The fraction of sp³-hybridized carbons (Fsp3) is 0.421. The van der Waals surface area contributed by atoms with Crippen LogP contribution in [0, 0.1) is 13.8 Å². The fourth-order valence-electron chi connectivity index (χ4n) is 3.33. The summed E-state index contributed by atoms with van der Waals surface area (Å²) in [4.78, 5) is 16.1. The Kier molecular flexibility index (Phi) is 5.54. The minimum atomic E-state index is -0.681. The van der Waals surface area contributed by atoms with Gasteiger partial charge in [-0.15, -0.1) is 22.7 Å². The molecule has 3 nitrogen and oxygen atoms in total. The lowest BCUT2D eigenvalue weighted by atomic mass is 10.1. The van der Waals surface area contributed by atoms with Crippen molar-refractivity contribution < 1.29 is 9.90 Å². The highest BCUT2D eigenvalue weighted by Crippen LogP contribution is 2.35. The van der Waals surface area contributed by atoms with Gasteiger partial charge in [-0.2, -0.15) is 0 Å². The van der Waals surface area contributed by atoms with Crippen LogP contribution in [0.15, 0.2) is 29.0 Å². The van der Waals surface area contributed by atoms with Crippen molar-refractivity contribution in [1.29, 1.82) is 0 Å². The predicted molar refractivity (Wildman–Crippen MR) is 102 cm³/mol. The van der Waals surface area contributed by atoms with Gasteiger partial charge in [0, 0.05) is 21.9 Å². The van der Waals surface area contributed by atoms with Gasteiger partial charge in [-0.25, -0.2) is 0 Å². The van der Waals surface area contributed by atoms with Gasteiger partial charge in [0.25, 0.3) is 0 Å². The average molecular weight is 362 g/mol. The topological polar surface area (TPSA) is 40.5 Å². The van der Waals surface area contributed by atoms with E-state index in [-0.39, 0.29) is 6.04 Å². The second kappa shape index (κ2) is 7.64. The zero-order chi connectivity index (χ0) is 17.1. The van der Waals surface area contributed by atoms with Crippen LogP contribution >= 0.6 is 22.7 Å². The van der Waals surface area contributed by atoms with Crippen molar-refractivity contribution >= 4 is 34.2 Å². The maximum absolute atomic E-state index is 11.3. The zero-order valence-corrected chi connectivity index (χ0v) is 15.8. The molecule has 0 unspecified atom stereocenters. The summed E-state index contributed by atoms with van der Waals surface area (Å²) in [6.07, 6.45) is 4.95. The number of aliphatic carboxylic acids is 1. The van der Waals surface area contributed by atoms with Gasteiger partial charge in [0.1, 0.15) is 6.04 Å². The Morgan fingerprint density at radius 1 is 1.25 bits per heavy atom. The van der Waals surface area contributed by atoms with E-state index in [1.807, 2.05) is 0 Å². The van der Waals surface area contributed by atoms with Crippen molar-refractivity contribution in [3.63, 3.8) is 0 Å². The second-order valence-corrected chi connectivity index (χ2v) is 8.14. The summed E-state index contributed by atoms with van der Waals surface area (Å²) in [7, 11) is 0. The van der Waals surface area contributed by atoms with Gasteiger partial charge in [0.15, 0.2) is 0 Å². The number of carboxylic acids is 1. The average Bonchev–Trinajstić information content (AvgIpc) is 3.25. The van der Waals surface area contributed by atoms with Gasteiger partial charge in [0.05, 0.1) is 0 Å². The number of nitrogens with zero attached hydrogens (tertiary/aromatic N) is 1. The number of hydrogen-bond acceptors (Lipinski definition) is 4. The molecule has 1 aliphatic rings. The van der Waals surface area contributed by atoms with Crippen molar-refractivity contribution in [2.45, 2.75) is 39.2 Å². The monoisotopic (exact) mass is 361 g/mol. The summed E-state index contributed by atoms with van der Waals surface area (Å²) >= 11 is 3.57. The summed E-state index contributed by atoms with van der Waals surface area (Å²) in [6, 6.07) is 4.03. The molecule has 0 aliphatic carbocycles. The third-order valence-corrected chi connectivity index (χ3v) is 6.73. The second-order valence-electron chi connectivity index (χ2n) is 6.30. The van der Waals surface area contributed by atoms with E-state index in [9.17, 15) is 9.90 Å². The SMILES string of the molecule is Cc1ccsc1C(=CCCN1CCC[C@H]1C(=O)O)c1sccc1C. The number of likely N-dealkylation sites (tertiary alicyclic amines) is 1. The molecular formula is C19H23NO2S2. The molecule has 1 atom stereocenters. The first-order valence-electron chi connectivity index (χ1n) is 8.34. The highest BCUT2D eigenvalue weighted by molar-refractivity contribution is 7.14. The molecule has 0 spiro atoms. The Bertz CT molecular complexity index is 702. The summed E-state index contributed by atoms with van der Waals surface area (Å²) in [5.41, 5.74) is 3.92. The van der Waals surface area contributed by atoms with Crippen molar-refractivity contribution in [1.82, 2.24) is 4.90 Å². The molecule has 24 heavy (non-hydrogen) atoms. The minimum Gasteiger partial charge on any atom is -0.480 e. The number of carbonyl (C=O) groups is 1. The normalized spacial score (nSPS) is 18.0. The predicted octanol–water partition coefficient (Wildman–Crippen LogP) is 4.80. The minimum absolute atomic E-state index is 0.297. The molecule has 0 bridgehead atoms. The number of rotatable bonds is 6. The molecule has 2 aromatic rings. The molecule has 3 heterocycles. The Balaban J connectivity index is 1.79. The third kappa shape index (κ3) is 3.63. The van der Waals surface area contributed by atoms with Crippen molar-refractivity contribution in [2.75, 3.05) is 13.1 Å². The molecule has 2 aromatic heterocycles. The first kappa shape index (κ1) is 17.4. The molecule has 0 amide bonds. The number of aryl methyl sites for hydroxylation is 2. The molecular weight excluding hydrogens is 338 g/mol. The summed E-state index contributed by atoms with van der Waals surface area (Å²) in [5, 5.41) is 13.6. The van der Waals surface area contributed by atoms with Gasteiger partial charge in [-0.3, -0.25) is 9.69 Å². The van der Waals surface area contributed by atoms with Crippen LogP contribution in [0.2, 0.25) is 0 Å². The van der Waals surface area contributed by atoms with Crippen LogP contribution in [0.25, 0.3) is 5.57 Å². The summed E-state index contributed by atoms with van der Waals surface area (Å²) in [6.45, 7) is 6.03. The van der Waals surface area contributed by atoms with Crippen LogP contribution in [0.3, 0.4) is 0 Å². The van der Waals surface area contributed by atoms with E-state index in [0.29, 0.717) is 0 Å². The fourth-order valence-corrected chi connectivity index (χ4v) is 5.35. The number of thiophene rings is 2. The van der Waals surface area contributed by atoms with E-state index < -0.39 is 5.97 Å². The van der Waals surface area contributed by atoms with Crippen LogP contribution in [-0.4, -0.2) is 35.1 Å². The van der Waals surface area contributed by atoms with Gasteiger partial charge in [-0.05, 0) is 73.7 Å². The van der Waals surface area contributed by atoms with E-state index in [4.69, 9.17) is 0 Å². The molecule has 1 aliphatic heterocycles. The van der Waals surface area contributed by atoms with Crippen LogP contribution < -0.4 is 0 Å². The Labute approximate surface area is 151 Å². The van der Waals surface area contributed by atoms with E-state index in [1.165, 1.54) is 26.5 Å². The van der Waals surface area contributed by atoms with E-state index in [1.54, 1.807) is 22.7 Å². The van der Waals surface area contributed by atoms with Gasteiger partial charge >= 0.3 is 5.97 Å². The van der Waals surface area contributed by atoms with Crippen LogP contribution in [0.1, 0.15) is 40.1 Å². The molecule has 3 rings (SSSR count). The Morgan fingerprint density at radius 3 is 2.38 bits per heavy atom. The van der Waals surface area contributed by atoms with Crippen LogP contribution in [-0.2, 0) is 4.79 Å². The lowest BCUT2D eigenvalue weighted by molar-refractivity contribution is -0.142. The van der Waals surface area contributed by atoms with Gasteiger partial charge in [-0.1, -0.05) is 6.08 Å². The molecule has 5 heteroatoms. The van der Waals surface area contributed by atoms with E-state index in [0.717, 1.165) is 32.4 Å². The largest absolute Gasteiger partial charge is 0.480 e. The Morgan fingerprint density at radius 2 is 1.88 bits per heavy atom. The highest BCUT2D eigenvalue weighted by Gasteiger charge is 2.29. The third-order valence-electron chi connectivity index (χ3n) is 4.63. The first-order chi connectivity index (χ1) is 11.6. The standard InChI is InChI=1S/C19H23NO2S2/c1-13-7-11-23-17(13)15(18-14(2)8-12-24-18)5-3-9-20-10-4-6-16(20)19(21)22/h5,7-8,11-12,16H,3-4,6,9-10H2,1-2H3,(H,21,22)/t16-/m0/s1. The maximum Gasteiger partial charge on any atom is 0.320 e. The smallest absolute Gasteiger partial charge is 0.320 e. The van der Waals surface area contributed by atoms with Gasteiger partial charge in [0.2, 0.25) is 0 Å². The molecule has 1 N–H and O–H groups in total. The highest BCUT2D eigenvalue weighted by atomic mass is 32.1. The molecule has 1 saturated heterocycles. The quantitative estimate of drug-likeness (QED) is 0.803. The lowest BCUT2D eigenvalue weighted by Crippen LogP contribution is -2.36. The first-order valence-corrected chi connectivity index (χ1v) is 10.1. The summed E-state index contributed by atoms with van der Waals surface area (Å²) in [5.74, 6) is -0.681. The number of carboxylic acid groups (broad SMARTS) is 1. The molecule has 128 valence electrons. The van der Waals surface area contributed by atoms with Crippen LogP contribution in [0.5, 0.6) is 0 Å². The van der Waals surface area contributed by atoms with Crippen LogP contribution in [0.4, 0.5) is 0 Å². The zero-order valence-electron chi connectivity index (χ0n) is 14.1. The maximum atomic E-state index is 11.3. The van der Waals surface area contributed by atoms with Crippen molar-refractivity contribution in [2.24, 2.45) is 0 Å².